The van der Waals surface area contributed by atoms with Gasteiger partial charge in [0.1, 0.15) is 16.4 Å². The molecule has 0 saturated heterocycles. The van der Waals surface area contributed by atoms with Crippen LogP contribution in [-0.2, 0) is 15.4 Å². The Morgan fingerprint density at radius 2 is 1.62 bits per heavy atom. The van der Waals surface area contributed by atoms with E-state index < -0.39 is 10.0 Å². The van der Waals surface area contributed by atoms with Crippen LogP contribution in [0.5, 0.6) is 11.5 Å². The molecule has 0 atom stereocenters. The summed E-state index contributed by atoms with van der Waals surface area (Å²) in [4.78, 5) is 0.0352. The normalized spacial score (nSPS) is 11.9. The fraction of sp³-hybridized carbons (Fsp3) is 0.333. The third-order valence-electron chi connectivity index (χ3n) is 3.64. The van der Waals surface area contributed by atoms with Crippen LogP contribution in [-0.4, -0.2) is 22.6 Å². The first-order chi connectivity index (χ1) is 11.2. The van der Waals surface area contributed by atoms with E-state index >= 15 is 0 Å². The first-order valence-electron chi connectivity index (χ1n) is 7.53. The second kappa shape index (κ2) is 6.73. The van der Waals surface area contributed by atoms with Gasteiger partial charge < -0.3 is 9.47 Å². The number of anilines is 1. The number of hydrogen-bond donors (Lipinski definition) is 1. The first-order valence-corrected chi connectivity index (χ1v) is 9.01. The highest BCUT2D eigenvalue weighted by Crippen LogP contribution is 2.33. The molecule has 0 unspecified atom stereocenters. The van der Waals surface area contributed by atoms with Crippen molar-refractivity contribution in [2.45, 2.75) is 31.1 Å². The van der Waals surface area contributed by atoms with Crippen LogP contribution in [0.25, 0.3) is 0 Å². The maximum atomic E-state index is 12.9. The van der Waals surface area contributed by atoms with E-state index in [2.05, 4.69) is 4.72 Å². The van der Waals surface area contributed by atoms with E-state index in [1.54, 1.807) is 24.3 Å². The van der Waals surface area contributed by atoms with Crippen molar-refractivity contribution < 1.29 is 17.9 Å². The van der Waals surface area contributed by atoms with Crippen LogP contribution < -0.4 is 14.2 Å². The second-order valence-electron chi connectivity index (χ2n) is 6.42. The third kappa shape index (κ3) is 3.82. The molecule has 0 aliphatic carbocycles. The van der Waals surface area contributed by atoms with Crippen LogP contribution >= 0.6 is 0 Å². The summed E-state index contributed by atoms with van der Waals surface area (Å²) in [6.07, 6.45) is 0. The minimum Gasteiger partial charge on any atom is -0.497 e. The summed E-state index contributed by atoms with van der Waals surface area (Å²) in [5.41, 5.74) is 1.27. The summed E-state index contributed by atoms with van der Waals surface area (Å²) in [7, 11) is -0.905. The lowest BCUT2D eigenvalue weighted by atomic mass is 9.86. The summed E-state index contributed by atoms with van der Waals surface area (Å²) in [5, 5.41) is 0. The average molecular weight is 349 g/mol. The molecule has 0 aromatic heterocycles. The molecule has 0 radical (unpaired) electrons. The van der Waals surface area contributed by atoms with Gasteiger partial charge in [0.15, 0.2) is 0 Å². The molecular formula is C18H23NO4S. The van der Waals surface area contributed by atoms with Gasteiger partial charge in [-0.1, -0.05) is 39.0 Å². The average Bonchev–Trinajstić information content (AvgIpc) is 2.53. The number of nitrogens with one attached hydrogen (secondary N) is 1. The highest BCUT2D eigenvalue weighted by Gasteiger charge is 2.24. The standard InChI is InChI=1S/C18H23NO4S/c1-18(2,3)14-8-6-7-9-15(14)19-24(20,21)17-12-13(22-4)10-11-16(17)23-5/h6-12,19H,1-5H3. The van der Waals surface area contributed by atoms with Gasteiger partial charge in [-0.25, -0.2) is 8.42 Å². The van der Waals surface area contributed by atoms with Gasteiger partial charge >= 0.3 is 0 Å². The van der Waals surface area contributed by atoms with E-state index in [4.69, 9.17) is 9.47 Å². The predicted octanol–water partition coefficient (Wildman–Crippen LogP) is 3.80. The molecule has 2 aromatic rings. The van der Waals surface area contributed by atoms with Gasteiger partial charge in [-0.05, 0) is 29.2 Å². The lowest BCUT2D eigenvalue weighted by Crippen LogP contribution is -2.19. The van der Waals surface area contributed by atoms with Gasteiger partial charge in [-0.15, -0.1) is 0 Å². The van der Waals surface area contributed by atoms with E-state index in [1.165, 1.54) is 20.3 Å². The zero-order valence-electron chi connectivity index (χ0n) is 14.6. The molecule has 130 valence electrons. The van der Waals surface area contributed by atoms with Crippen LogP contribution in [0.4, 0.5) is 5.69 Å². The molecule has 0 spiro atoms. The summed E-state index contributed by atoms with van der Waals surface area (Å²) in [5.74, 6) is 0.705. The number of rotatable bonds is 5. The Morgan fingerprint density at radius 1 is 0.958 bits per heavy atom. The number of hydrogen-bond acceptors (Lipinski definition) is 4. The van der Waals surface area contributed by atoms with Crippen molar-refractivity contribution in [2.24, 2.45) is 0 Å². The van der Waals surface area contributed by atoms with Gasteiger partial charge in [-0.2, -0.15) is 0 Å². The molecule has 2 aromatic carbocycles. The Labute approximate surface area is 143 Å². The zero-order valence-corrected chi connectivity index (χ0v) is 15.4. The highest BCUT2D eigenvalue weighted by molar-refractivity contribution is 7.92. The van der Waals surface area contributed by atoms with E-state index in [0.717, 1.165) is 5.56 Å². The Kier molecular flexibility index (Phi) is 5.08. The van der Waals surface area contributed by atoms with E-state index in [9.17, 15) is 8.42 Å². The molecule has 6 heteroatoms. The number of methoxy groups -OCH3 is 2. The lowest BCUT2D eigenvalue weighted by Gasteiger charge is -2.23. The van der Waals surface area contributed by atoms with Crippen molar-refractivity contribution in [3.8, 4) is 11.5 Å². The molecule has 0 saturated carbocycles. The summed E-state index contributed by atoms with van der Waals surface area (Å²) in [6.45, 7) is 6.10. The molecule has 0 fully saturated rings. The molecule has 0 heterocycles. The largest absolute Gasteiger partial charge is 0.497 e. The molecule has 0 aliphatic rings. The summed E-state index contributed by atoms with van der Waals surface area (Å²) >= 11 is 0. The molecule has 0 aliphatic heterocycles. The van der Waals surface area contributed by atoms with Crippen molar-refractivity contribution in [3.63, 3.8) is 0 Å². The van der Waals surface area contributed by atoms with Crippen LogP contribution in [0.3, 0.4) is 0 Å². The fourth-order valence-electron chi connectivity index (χ4n) is 2.42. The first kappa shape index (κ1) is 18.1. The lowest BCUT2D eigenvalue weighted by molar-refractivity contribution is 0.392. The number of sulfonamides is 1. The van der Waals surface area contributed by atoms with Crippen LogP contribution in [0.2, 0.25) is 0 Å². The Balaban J connectivity index is 2.51. The number of ether oxygens (including phenoxy) is 2. The molecule has 1 N–H and O–H groups in total. The number of para-hydroxylation sites is 1. The zero-order chi connectivity index (χ0) is 18.0. The predicted molar refractivity (Wildman–Crippen MR) is 95.5 cm³/mol. The maximum Gasteiger partial charge on any atom is 0.265 e. The Bertz CT molecular complexity index is 823. The van der Waals surface area contributed by atoms with Gasteiger partial charge in [-0.3, -0.25) is 4.72 Å². The highest BCUT2D eigenvalue weighted by atomic mass is 32.2. The van der Waals surface area contributed by atoms with Crippen molar-refractivity contribution >= 4 is 15.7 Å². The van der Waals surface area contributed by atoms with Gasteiger partial charge in [0.2, 0.25) is 0 Å². The third-order valence-corrected chi connectivity index (χ3v) is 5.03. The SMILES string of the molecule is COc1ccc(OC)c(S(=O)(=O)Nc2ccccc2C(C)(C)C)c1. The van der Waals surface area contributed by atoms with Gasteiger partial charge in [0.05, 0.1) is 19.9 Å². The minimum absolute atomic E-state index is 0.0352. The molecule has 0 amide bonds. The minimum atomic E-state index is -3.83. The quantitative estimate of drug-likeness (QED) is 0.892. The topological polar surface area (TPSA) is 64.6 Å². The molecule has 2 rings (SSSR count). The molecule has 5 nitrogen and oxygen atoms in total. The van der Waals surface area contributed by atoms with Crippen molar-refractivity contribution in [3.05, 3.63) is 48.0 Å². The molecule has 24 heavy (non-hydrogen) atoms. The summed E-state index contributed by atoms with van der Waals surface area (Å²) < 4.78 is 38.8. The van der Waals surface area contributed by atoms with Gasteiger partial charge in [0.25, 0.3) is 10.0 Å². The van der Waals surface area contributed by atoms with E-state index in [-0.39, 0.29) is 16.1 Å². The second-order valence-corrected chi connectivity index (χ2v) is 8.07. The smallest absolute Gasteiger partial charge is 0.265 e. The van der Waals surface area contributed by atoms with Crippen molar-refractivity contribution in [1.29, 1.82) is 0 Å². The Hall–Kier alpha value is -2.21. The van der Waals surface area contributed by atoms with Crippen molar-refractivity contribution in [2.75, 3.05) is 18.9 Å². The van der Waals surface area contributed by atoms with Crippen LogP contribution in [0, 0.1) is 0 Å². The molecular weight excluding hydrogens is 326 g/mol. The van der Waals surface area contributed by atoms with E-state index in [1.807, 2.05) is 32.9 Å². The number of benzene rings is 2. The van der Waals surface area contributed by atoms with Gasteiger partial charge in [0, 0.05) is 6.07 Å². The van der Waals surface area contributed by atoms with Crippen LogP contribution in [0.1, 0.15) is 26.3 Å². The fourth-order valence-corrected chi connectivity index (χ4v) is 3.68. The molecule has 0 bridgehead atoms. The monoisotopic (exact) mass is 349 g/mol. The maximum absolute atomic E-state index is 12.9. The summed E-state index contributed by atoms with van der Waals surface area (Å²) in [6, 6.07) is 12.0. The van der Waals surface area contributed by atoms with E-state index in [0.29, 0.717) is 11.4 Å². The van der Waals surface area contributed by atoms with Crippen molar-refractivity contribution in [1.82, 2.24) is 0 Å². The Morgan fingerprint density at radius 3 is 2.21 bits per heavy atom. The van der Waals surface area contributed by atoms with Crippen LogP contribution in [0.15, 0.2) is 47.4 Å².